The topological polar surface area (TPSA) is 38.9 Å². The molecule has 16 heavy (non-hydrogen) atoms. The molecule has 2 N–H and O–H groups in total. The maximum Gasteiger partial charge on any atom is 0.0377 e. The van der Waals surface area contributed by atoms with Crippen LogP contribution in [0.15, 0.2) is 18.5 Å². The number of aromatic nitrogens is 1. The van der Waals surface area contributed by atoms with Crippen molar-refractivity contribution < 1.29 is 0 Å². The fourth-order valence-corrected chi connectivity index (χ4v) is 2.48. The molecule has 0 unspecified atom stereocenters. The molecule has 0 aromatic carbocycles. The van der Waals surface area contributed by atoms with Gasteiger partial charge in [-0.2, -0.15) is 0 Å². The molecule has 90 valence electrons. The third-order valence-corrected chi connectivity index (χ3v) is 3.49. The normalized spacial score (nSPS) is 16.8. The third kappa shape index (κ3) is 3.67. The van der Waals surface area contributed by atoms with Crippen LogP contribution in [-0.2, 0) is 6.42 Å². The first-order valence-corrected chi connectivity index (χ1v) is 6.04. The van der Waals surface area contributed by atoms with Crippen LogP contribution in [0.4, 0.5) is 5.69 Å². The highest BCUT2D eigenvalue weighted by atomic mass is 35.5. The number of aryl methyl sites for hydroxylation is 1. The smallest absolute Gasteiger partial charge is 0.0377 e. The molecular formula is C13H21ClN2. The molecule has 1 fully saturated rings. The van der Waals surface area contributed by atoms with Crippen molar-refractivity contribution >= 4 is 18.1 Å². The summed E-state index contributed by atoms with van der Waals surface area (Å²) in [5.41, 5.74) is 8.02. The number of nitrogen functional groups attached to an aromatic ring is 1. The standard InChI is InChI=1S/C13H20N2.ClH/c14-13-8-9-15-10-12(13)7-6-11-4-2-1-3-5-11;/h8-11H,1-7H2,(H2,14,15);1H. The molecule has 0 saturated heterocycles. The van der Waals surface area contributed by atoms with Crippen LogP contribution in [-0.4, -0.2) is 4.98 Å². The van der Waals surface area contributed by atoms with Crippen LogP contribution in [0.25, 0.3) is 0 Å². The molecule has 0 aliphatic heterocycles. The van der Waals surface area contributed by atoms with Gasteiger partial charge < -0.3 is 5.73 Å². The summed E-state index contributed by atoms with van der Waals surface area (Å²) in [6, 6.07) is 1.90. The highest BCUT2D eigenvalue weighted by molar-refractivity contribution is 5.85. The van der Waals surface area contributed by atoms with Crippen molar-refractivity contribution in [1.29, 1.82) is 0 Å². The van der Waals surface area contributed by atoms with Gasteiger partial charge >= 0.3 is 0 Å². The minimum atomic E-state index is 0. The lowest BCUT2D eigenvalue weighted by atomic mass is 9.85. The van der Waals surface area contributed by atoms with Gasteiger partial charge in [-0.1, -0.05) is 32.1 Å². The molecule has 2 nitrogen and oxygen atoms in total. The lowest BCUT2D eigenvalue weighted by Gasteiger charge is -2.21. The van der Waals surface area contributed by atoms with E-state index in [1.165, 1.54) is 44.1 Å². The van der Waals surface area contributed by atoms with Gasteiger partial charge in [0, 0.05) is 18.1 Å². The van der Waals surface area contributed by atoms with Crippen LogP contribution in [0, 0.1) is 5.92 Å². The van der Waals surface area contributed by atoms with E-state index in [1.807, 2.05) is 12.3 Å². The summed E-state index contributed by atoms with van der Waals surface area (Å²) in [5, 5.41) is 0. The minimum absolute atomic E-state index is 0. The molecule has 0 amide bonds. The summed E-state index contributed by atoms with van der Waals surface area (Å²) in [6.07, 6.45) is 13.2. The maximum atomic E-state index is 5.90. The molecule has 3 heteroatoms. The molecule has 1 heterocycles. The Kier molecular flexibility index (Phi) is 5.61. The number of nitrogens with zero attached hydrogens (tertiary/aromatic N) is 1. The van der Waals surface area contributed by atoms with E-state index < -0.39 is 0 Å². The Morgan fingerprint density at radius 1 is 1.25 bits per heavy atom. The second kappa shape index (κ2) is 6.74. The lowest BCUT2D eigenvalue weighted by molar-refractivity contribution is 0.339. The highest BCUT2D eigenvalue weighted by Crippen LogP contribution is 2.28. The van der Waals surface area contributed by atoms with Gasteiger partial charge in [-0.05, 0) is 30.4 Å². The lowest BCUT2D eigenvalue weighted by Crippen LogP contribution is -2.08. The Morgan fingerprint density at radius 3 is 2.69 bits per heavy atom. The van der Waals surface area contributed by atoms with Crippen molar-refractivity contribution in [2.75, 3.05) is 5.73 Å². The first kappa shape index (κ1) is 13.3. The highest BCUT2D eigenvalue weighted by Gasteiger charge is 2.13. The Bertz CT molecular complexity index is 309. The monoisotopic (exact) mass is 240 g/mol. The van der Waals surface area contributed by atoms with Gasteiger partial charge in [-0.3, -0.25) is 4.98 Å². The minimum Gasteiger partial charge on any atom is -0.398 e. The first-order valence-electron chi connectivity index (χ1n) is 6.04. The van der Waals surface area contributed by atoms with Gasteiger partial charge in [-0.15, -0.1) is 12.4 Å². The summed E-state index contributed by atoms with van der Waals surface area (Å²) in [5.74, 6) is 0.929. The molecule has 1 aromatic rings. The van der Waals surface area contributed by atoms with Gasteiger partial charge in [0.2, 0.25) is 0 Å². The zero-order chi connectivity index (χ0) is 10.5. The second-order valence-electron chi connectivity index (χ2n) is 4.62. The average Bonchev–Trinajstić information content (AvgIpc) is 2.29. The molecule has 0 atom stereocenters. The van der Waals surface area contributed by atoms with E-state index in [4.69, 9.17) is 5.73 Å². The van der Waals surface area contributed by atoms with E-state index in [1.54, 1.807) is 6.20 Å². The molecule has 1 aromatic heterocycles. The van der Waals surface area contributed by atoms with Crippen molar-refractivity contribution in [3.05, 3.63) is 24.0 Å². The van der Waals surface area contributed by atoms with Gasteiger partial charge in [0.15, 0.2) is 0 Å². The Hall–Kier alpha value is -0.760. The van der Waals surface area contributed by atoms with E-state index in [2.05, 4.69) is 4.98 Å². The number of hydrogen-bond acceptors (Lipinski definition) is 2. The zero-order valence-corrected chi connectivity index (χ0v) is 10.5. The van der Waals surface area contributed by atoms with Gasteiger partial charge in [0.1, 0.15) is 0 Å². The Balaban J connectivity index is 0.00000128. The van der Waals surface area contributed by atoms with Gasteiger partial charge in [0.05, 0.1) is 0 Å². The number of hydrogen-bond donors (Lipinski definition) is 1. The largest absolute Gasteiger partial charge is 0.398 e. The summed E-state index contributed by atoms with van der Waals surface area (Å²) in [6.45, 7) is 0. The molecule has 2 rings (SSSR count). The molecule has 1 aliphatic rings. The van der Waals surface area contributed by atoms with Crippen LogP contribution in [0.1, 0.15) is 44.1 Å². The fourth-order valence-electron chi connectivity index (χ4n) is 2.48. The number of pyridine rings is 1. The third-order valence-electron chi connectivity index (χ3n) is 3.49. The van der Waals surface area contributed by atoms with E-state index in [0.29, 0.717) is 0 Å². The molecule has 1 aliphatic carbocycles. The zero-order valence-electron chi connectivity index (χ0n) is 9.69. The average molecular weight is 241 g/mol. The number of rotatable bonds is 3. The van der Waals surface area contributed by atoms with Crippen molar-refractivity contribution in [2.45, 2.75) is 44.9 Å². The summed E-state index contributed by atoms with van der Waals surface area (Å²) in [7, 11) is 0. The Morgan fingerprint density at radius 2 is 2.00 bits per heavy atom. The SMILES string of the molecule is Cl.Nc1ccncc1CCC1CCCCC1. The second-order valence-corrected chi connectivity index (χ2v) is 4.62. The summed E-state index contributed by atoms with van der Waals surface area (Å²) < 4.78 is 0. The van der Waals surface area contributed by atoms with Gasteiger partial charge in [0.25, 0.3) is 0 Å². The van der Waals surface area contributed by atoms with Crippen LogP contribution in [0.3, 0.4) is 0 Å². The Labute approximate surface area is 104 Å². The van der Waals surface area contributed by atoms with Crippen LogP contribution >= 0.6 is 12.4 Å². The fraction of sp³-hybridized carbons (Fsp3) is 0.615. The number of anilines is 1. The molecule has 0 radical (unpaired) electrons. The van der Waals surface area contributed by atoms with Crippen molar-refractivity contribution in [1.82, 2.24) is 4.98 Å². The van der Waals surface area contributed by atoms with Crippen molar-refractivity contribution in [3.8, 4) is 0 Å². The molecular weight excluding hydrogens is 220 g/mol. The summed E-state index contributed by atoms with van der Waals surface area (Å²) >= 11 is 0. The van der Waals surface area contributed by atoms with Gasteiger partial charge in [-0.25, -0.2) is 0 Å². The quantitative estimate of drug-likeness (QED) is 0.877. The van der Waals surface area contributed by atoms with Crippen LogP contribution < -0.4 is 5.73 Å². The van der Waals surface area contributed by atoms with E-state index >= 15 is 0 Å². The van der Waals surface area contributed by atoms with Crippen molar-refractivity contribution in [2.24, 2.45) is 5.92 Å². The van der Waals surface area contributed by atoms with E-state index in [-0.39, 0.29) is 12.4 Å². The number of nitrogens with two attached hydrogens (primary N) is 1. The number of halogens is 1. The predicted molar refractivity (Wildman–Crippen MR) is 70.8 cm³/mol. The van der Waals surface area contributed by atoms with Crippen LogP contribution in [0.5, 0.6) is 0 Å². The van der Waals surface area contributed by atoms with E-state index in [0.717, 1.165) is 18.0 Å². The first-order chi connectivity index (χ1) is 7.36. The molecule has 0 spiro atoms. The maximum absolute atomic E-state index is 5.90. The van der Waals surface area contributed by atoms with E-state index in [9.17, 15) is 0 Å². The molecule has 1 saturated carbocycles. The molecule has 0 bridgehead atoms. The van der Waals surface area contributed by atoms with Crippen LogP contribution in [0.2, 0.25) is 0 Å². The summed E-state index contributed by atoms with van der Waals surface area (Å²) in [4.78, 5) is 4.13. The predicted octanol–water partition coefficient (Wildman–Crippen LogP) is 3.60. The van der Waals surface area contributed by atoms with Crippen molar-refractivity contribution in [3.63, 3.8) is 0 Å².